The minimum Gasteiger partial charge on any atom is -0.415 e. The van der Waals surface area contributed by atoms with E-state index < -0.39 is 18.1 Å². The molecule has 0 aliphatic carbocycles. The van der Waals surface area contributed by atoms with Gasteiger partial charge in [-0.05, 0) is 36.4 Å². The Hall–Kier alpha value is -2.90. The number of halogens is 4. The topological polar surface area (TPSA) is 51.0 Å². The van der Waals surface area contributed by atoms with E-state index in [0.717, 1.165) is 6.07 Å². The molecule has 0 amide bonds. The van der Waals surface area contributed by atoms with Crippen LogP contribution in [0.15, 0.2) is 46.9 Å². The molecule has 0 aliphatic heterocycles. The second-order valence-electron chi connectivity index (χ2n) is 4.91. The molecule has 0 unspecified atom stereocenters. The predicted molar refractivity (Wildman–Crippen MR) is 78.4 cm³/mol. The van der Waals surface area contributed by atoms with Crippen molar-refractivity contribution in [3.63, 3.8) is 0 Å². The van der Waals surface area contributed by atoms with Crippen molar-refractivity contribution in [1.82, 2.24) is 10.2 Å². The largest absolute Gasteiger partial charge is 0.415 e. The van der Waals surface area contributed by atoms with Gasteiger partial charge in [0.25, 0.3) is 5.89 Å². The predicted octanol–water partition coefficient (Wildman–Crippen LogP) is 4.56. The summed E-state index contributed by atoms with van der Waals surface area (Å²) in [6.07, 6.45) is -2.88. The average molecular weight is 337 g/mol. The highest BCUT2D eigenvalue weighted by atomic mass is 19.3. The molecule has 0 saturated heterocycles. The standard InChI is InChI=1S/C16H11F4N3O/c17-11-3-5-12(6-4-11)21-8-10-2-1-9(7-13(10)18)15-22-23-16(24-15)14(19)20/h1-7,14,21H,8H2. The lowest BCUT2D eigenvalue weighted by Gasteiger charge is -2.08. The smallest absolute Gasteiger partial charge is 0.314 e. The first-order chi connectivity index (χ1) is 11.5. The Morgan fingerprint density at radius 3 is 2.38 bits per heavy atom. The van der Waals surface area contributed by atoms with E-state index in [1.165, 1.54) is 36.4 Å². The summed E-state index contributed by atoms with van der Waals surface area (Å²) < 4.78 is 56.6. The van der Waals surface area contributed by atoms with Gasteiger partial charge in [-0.25, -0.2) is 8.78 Å². The molecule has 0 fully saturated rings. The highest BCUT2D eigenvalue weighted by molar-refractivity contribution is 5.54. The van der Waals surface area contributed by atoms with Gasteiger partial charge < -0.3 is 9.73 Å². The van der Waals surface area contributed by atoms with E-state index in [4.69, 9.17) is 4.42 Å². The van der Waals surface area contributed by atoms with Gasteiger partial charge in [0.2, 0.25) is 5.89 Å². The fraction of sp³-hybridized carbons (Fsp3) is 0.125. The van der Waals surface area contributed by atoms with Crippen molar-refractivity contribution in [3.8, 4) is 11.5 Å². The third kappa shape index (κ3) is 3.53. The van der Waals surface area contributed by atoms with Crippen molar-refractivity contribution >= 4 is 5.69 Å². The van der Waals surface area contributed by atoms with Crippen LogP contribution in [0.5, 0.6) is 0 Å². The maximum Gasteiger partial charge on any atom is 0.314 e. The zero-order valence-electron chi connectivity index (χ0n) is 12.1. The van der Waals surface area contributed by atoms with Crippen LogP contribution in [0.3, 0.4) is 0 Å². The number of hydrogen-bond acceptors (Lipinski definition) is 4. The van der Waals surface area contributed by atoms with E-state index >= 15 is 0 Å². The van der Waals surface area contributed by atoms with Crippen LogP contribution in [-0.4, -0.2) is 10.2 Å². The lowest BCUT2D eigenvalue weighted by Crippen LogP contribution is -2.02. The van der Waals surface area contributed by atoms with Crippen molar-refractivity contribution in [3.05, 3.63) is 65.6 Å². The summed E-state index contributed by atoms with van der Waals surface area (Å²) in [6, 6.07) is 9.75. The van der Waals surface area contributed by atoms with Crippen LogP contribution >= 0.6 is 0 Å². The molecule has 0 bridgehead atoms. The van der Waals surface area contributed by atoms with Crippen LogP contribution in [0, 0.1) is 11.6 Å². The normalized spacial score (nSPS) is 11.0. The van der Waals surface area contributed by atoms with Gasteiger partial charge in [0, 0.05) is 23.4 Å². The van der Waals surface area contributed by atoms with Gasteiger partial charge >= 0.3 is 6.43 Å². The van der Waals surface area contributed by atoms with Crippen molar-refractivity contribution in [2.24, 2.45) is 0 Å². The molecule has 1 heterocycles. The Balaban J connectivity index is 1.73. The van der Waals surface area contributed by atoms with Crippen LogP contribution < -0.4 is 5.32 Å². The van der Waals surface area contributed by atoms with Crippen LogP contribution in [0.2, 0.25) is 0 Å². The molecule has 0 spiro atoms. The van der Waals surface area contributed by atoms with Crippen LogP contribution in [0.4, 0.5) is 23.2 Å². The molecular weight excluding hydrogens is 326 g/mol. The lowest BCUT2D eigenvalue weighted by molar-refractivity contribution is 0.116. The fourth-order valence-electron chi connectivity index (χ4n) is 2.03. The van der Waals surface area contributed by atoms with Gasteiger partial charge in [-0.3, -0.25) is 0 Å². The number of benzene rings is 2. The van der Waals surface area contributed by atoms with Crippen molar-refractivity contribution in [2.45, 2.75) is 13.0 Å². The number of hydrogen-bond donors (Lipinski definition) is 1. The number of nitrogens with one attached hydrogen (secondary N) is 1. The molecule has 8 heteroatoms. The zero-order chi connectivity index (χ0) is 17.1. The third-order valence-electron chi connectivity index (χ3n) is 3.25. The SMILES string of the molecule is Fc1ccc(NCc2ccc(-c3nnc(C(F)F)o3)cc2F)cc1. The lowest BCUT2D eigenvalue weighted by atomic mass is 10.1. The van der Waals surface area contributed by atoms with Gasteiger partial charge in [0.1, 0.15) is 11.6 Å². The molecule has 0 saturated carbocycles. The van der Waals surface area contributed by atoms with Gasteiger partial charge in [0.05, 0.1) is 0 Å². The molecule has 1 aromatic heterocycles. The van der Waals surface area contributed by atoms with Crippen LogP contribution in [-0.2, 0) is 6.54 Å². The Labute approximate surface area is 134 Å². The Morgan fingerprint density at radius 1 is 1.00 bits per heavy atom. The Bertz CT molecular complexity index is 834. The second kappa shape index (κ2) is 6.69. The molecule has 2 aromatic carbocycles. The first-order valence-corrected chi connectivity index (χ1v) is 6.93. The monoisotopic (exact) mass is 337 g/mol. The molecule has 0 radical (unpaired) electrons. The minimum absolute atomic E-state index is 0.170. The minimum atomic E-state index is -2.88. The summed E-state index contributed by atoms with van der Waals surface area (Å²) in [5.41, 5.74) is 1.19. The average Bonchev–Trinajstić information content (AvgIpc) is 3.05. The highest BCUT2D eigenvalue weighted by Crippen LogP contribution is 2.25. The first-order valence-electron chi connectivity index (χ1n) is 6.93. The third-order valence-corrected chi connectivity index (χ3v) is 3.25. The second-order valence-corrected chi connectivity index (χ2v) is 4.91. The molecule has 0 atom stereocenters. The van der Waals surface area contributed by atoms with Crippen molar-refractivity contribution in [1.29, 1.82) is 0 Å². The van der Waals surface area contributed by atoms with Gasteiger partial charge in [0.15, 0.2) is 0 Å². The Morgan fingerprint density at radius 2 is 1.75 bits per heavy atom. The molecule has 1 N–H and O–H groups in total. The van der Waals surface area contributed by atoms with E-state index in [0.29, 0.717) is 11.3 Å². The molecule has 4 nitrogen and oxygen atoms in total. The van der Waals surface area contributed by atoms with E-state index in [1.54, 1.807) is 0 Å². The number of aromatic nitrogens is 2. The van der Waals surface area contributed by atoms with Crippen molar-refractivity contribution < 1.29 is 22.0 Å². The number of nitrogens with zero attached hydrogens (tertiary/aromatic N) is 2. The molecule has 0 aliphatic rings. The summed E-state index contributed by atoms with van der Waals surface area (Å²) in [5, 5.41) is 9.61. The summed E-state index contributed by atoms with van der Waals surface area (Å²) >= 11 is 0. The van der Waals surface area contributed by atoms with E-state index in [2.05, 4.69) is 15.5 Å². The first kappa shape index (κ1) is 16.0. The van der Waals surface area contributed by atoms with Crippen molar-refractivity contribution in [2.75, 3.05) is 5.32 Å². The fourth-order valence-corrected chi connectivity index (χ4v) is 2.03. The van der Waals surface area contributed by atoms with Gasteiger partial charge in [-0.15, -0.1) is 10.2 Å². The molecule has 3 aromatic rings. The summed E-state index contributed by atoms with van der Waals surface area (Å²) in [5.74, 6) is -1.91. The molecular formula is C16H11F4N3O. The van der Waals surface area contributed by atoms with Crippen LogP contribution in [0.25, 0.3) is 11.5 Å². The number of anilines is 1. The maximum absolute atomic E-state index is 14.1. The van der Waals surface area contributed by atoms with Gasteiger partial charge in [-0.1, -0.05) is 6.07 Å². The molecule has 124 valence electrons. The molecule has 3 rings (SSSR count). The number of rotatable bonds is 5. The summed E-state index contributed by atoms with van der Waals surface area (Å²) in [7, 11) is 0. The van der Waals surface area contributed by atoms with E-state index in [1.807, 2.05) is 0 Å². The van der Waals surface area contributed by atoms with Gasteiger partial charge in [-0.2, -0.15) is 8.78 Å². The zero-order valence-corrected chi connectivity index (χ0v) is 12.1. The van der Waals surface area contributed by atoms with Crippen LogP contribution in [0.1, 0.15) is 17.9 Å². The number of alkyl halides is 2. The van der Waals surface area contributed by atoms with E-state index in [-0.39, 0.29) is 23.8 Å². The maximum atomic E-state index is 14.1. The summed E-state index contributed by atoms with van der Waals surface area (Å²) in [4.78, 5) is 0. The van der Waals surface area contributed by atoms with E-state index in [9.17, 15) is 17.6 Å². The highest BCUT2D eigenvalue weighted by Gasteiger charge is 2.17. The Kier molecular flexibility index (Phi) is 4.45. The molecule has 24 heavy (non-hydrogen) atoms. The summed E-state index contributed by atoms with van der Waals surface area (Å²) in [6.45, 7) is 0.170. The quantitative estimate of drug-likeness (QED) is 0.693.